The third-order valence-corrected chi connectivity index (χ3v) is 7.11. The summed E-state index contributed by atoms with van der Waals surface area (Å²) in [6.45, 7) is 7.31. The van der Waals surface area contributed by atoms with E-state index in [1.54, 1.807) is 27.7 Å². The molecular weight excluding hydrogens is 464 g/mol. The van der Waals surface area contributed by atoms with Crippen molar-refractivity contribution in [3.05, 3.63) is 47.0 Å². The molecule has 34 heavy (non-hydrogen) atoms. The summed E-state index contributed by atoms with van der Waals surface area (Å²) in [5, 5.41) is 0.232. The van der Waals surface area contributed by atoms with Gasteiger partial charge >= 0.3 is 11.9 Å². The van der Waals surface area contributed by atoms with Gasteiger partial charge in [0.05, 0.1) is 22.5 Å². The van der Waals surface area contributed by atoms with Gasteiger partial charge in [-0.05, 0) is 38.1 Å². The molecule has 3 rings (SSSR count). The lowest BCUT2D eigenvalue weighted by Crippen LogP contribution is -2.30. The maximum atomic E-state index is 12.6. The smallest absolute Gasteiger partial charge is 0.342 e. The van der Waals surface area contributed by atoms with Gasteiger partial charge in [0.15, 0.2) is 12.4 Å². The number of nitrogens with zero attached hydrogens (tertiary/aromatic N) is 3. The average Bonchev–Trinajstić information content (AvgIpc) is 3.14. The number of nitrogens with two attached hydrogens (primary N) is 1. The summed E-state index contributed by atoms with van der Waals surface area (Å²) in [5.41, 5.74) is 6.39. The first-order valence-electron chi connectivity index (χ1n) is 10.6. The van der Waals surface area contributed by atoms with E-state index in [4.69, 9.17) is 19.6 Å². The minimum atomic E-state index is -3.63. The van der Waals surface area contributed by atoms with E-state index < -0.39 is 22.0 Å². The first-order chi connectivity index (χ1) is 16.1. The van der Waals surface area contributed by atoms with Crippen LogP contribution >= 0.6 is 0 Å². The van der Waals surface area contributed by atoms with Gasteiger partial charge in [0.1, 0.15) is 17.1 Å². The Morgan fingerprint density at radius 3 is 2.26 bits per heavy atom. The van der Waals surface area contributed by atoms with E-state index in [9.17, 15) is 18.0 Å². The number of carbonyl (C=O) groups is 2. The summed E-state index contributed by atoms with van der Waals surface area (Å²) in [4.78, 5) is 33.0. The lowest BCUT2D eigenvalue weighted by atomic mass is 10.2. The van der Waals surface area contributed by atoms with Crippen molar-refractivity contribution in [2.24, 2.45) is 0 Å². The average molecular weight is 491 g/mol. The minimum Gasteiger partial charge on any atom is -0.462 e. The number of rotatable bonds is 9. The van der Waals surface area contributed by atoms with Crippen LogP contribution in [0.2, 0.25) is 0 Å². The first kappa shape index (κ1) is 25.1. The van der Waals surface area contributed by atoms with Gasteiger partial charge in [-0.3, -0.25) is 0 Å². The van der Waals surface area contributed by atoms with Crippen LogP contribution in [-0.2, 0) is 26.1 Å². The third kappa shape index (κ3) is 4.87. The number of nitrogen functional groups attached to an aromatic ring is 1. The molecule has 1 aromatic carbocycles. The number of esters is 2. The molecule has 182 valence electrons. The highest BCUT2D eigenvalue weighted by atomic mass is 32.2. The number of anilines is 1. The number of sulfonamides is 1. The lowest BCUT2D eigenvalue weighted by Gasteiger charge is -2.18. The van der Waals surface area contributed by atoms with Gasteiger partial charge in [0.2, 0.25) is 15.7 Å². The monoisotopic (exact) mass is 490 g/mol. The number of benzene rings is 1. The van der Waals surface area contributed by atoms with Gasteiger partial charge in [-0.2, -0.15) is 9.29 Å². The van der Waals surface area contributed by atoms with Crippen molar-refractivity contribution in [1.82, 2.24) is 14.3 Å². The highest BCUT2D eigenvalue weighted by molar-refractivity contribution is 7.89. The summed E-state index contributed by atoms with van der Waals surface area (Å²) < 4.78 is 42.3. The Morgan fingerprint density at radius 1 is 1.03 bits per heavy atom. The molecule has 2 aromatic heterocycles. The molecule has 0 aliphatic rings. The summed E-state index contributed by atoms with van der Waals surface area (Å²) in [6.07, 6.45) is 0. The fourth-order valence-electron chi connectivity index (χ4n) is 3.39. The molecule has 0 radical (unpaired) electrons. The van der Waals surface area contributed by atoms with Crippen LogP contribution in [0, 0.1) is 6.92 Å². The highest BCUT2D eigenvalue weighted by Crippen LogP contribution is 2.29. The van der Waals surface area contributed by atoms with E-state index in [1.807, 2.05) is 0 Å². The van der Waals surface area contributed by atoms with E-state index in [-0.39, 0.29) is 57.7 Å². The molecule has 2 heterocycles. The van der Waals surface area contributed by atoms with E-state index in [1.165, 1.54) is 28.6 Å². The zero-order chi connectivity index (χ0) is 25.0. The predicted octanol–water partition coefficient (Wildman–Crippen LogP) is 2.68. The molecule has 0 atom stereocenters. The standard InChI is InChI=1S/C22H26N4O7S/c1-5-26(6-2)34(29,30)15-10-8-14(9-11-15)21(27)32-12-16-24-19(23)18-17(22(28)31-7-3)13(4)33-20(18)25-16/h8-11H,5-7,12H2,1-4H3,(H2,23,24,25). The topological polar surface area (TPSA) is 155 Å². The largest absolute Gasteiger partial charge is 0.462 e. The molecule has 0 aliphatic carbocycles. The van der Waals surface area contributed by atoms with Gasteiger partial charge in [-0.15, -0.1) is 0 Å². The molecule has 0 fully saturated rings. The maximum absolute atomic E-state index is 12.6. The first-order valence-corrected chi connectivity index (χ1v) is 12.1. The molecular formula is C22H26N4O7S. The number of aromatic nitrogens is 2. The number of hydrogen-bond acceptors (Lipinski definition) is 10. The SMILES string of the molecule is CCOC(=O)c1c(C)oc2nc(COC(=O)c3ccc(S(=O)(=O)N(CC)CC)cc3)nc(N)c12. The lowest BCUT2D eigenvalue weighted by molar-refractivity contribution is 0.0461. The Kier molecular flexibility index (Phi) is 7.52. The minimum absolute atomic E-state index is 0.0121. The van der Waals surface area contributed by atoms with Crippen LogP contribution in [0.3, 0.4) is 0 Å². The summed E-state index contributed by atoms with van der Waals surface area (Å²) >= 11 is 0. The van der Waals surface area contributed by atoms with Gasteiger partial charge in [-0.25, -0.2) is 23.0 Å². The Hall–Kier alpha value is -3.51. The summed E-state index contributed by atoms with van der Waals surface area (Å²) in [6, 6.07) is 5.46. The molecule has 2 N–H and O–H groups in total. The van der Waals surface area contributed by atoms with Crippen LogP contribution in [-0.4, -0.2) is 54.3 Å². The van der Waals surface area contributed by atoms with Crippen LogP contribution in [0.15, 0.2) is 33.6 Å². The predicted molar refractivity (Wildman–Crippen MR) is 123 cm³/mol. The van der Waals surface area contributed by atoms with E-state index in [0.717, 1.165) is 0 Å². The van der Waals surface area contributed by atoms with Crippen molar-refractivity contribution < 1.29 is 31.9 Å². The number of ether oxygens (including phenoxy) is 2. The van der Waals surface area contributed by atoms with E-state index in [0.29, 0.717) is 13.1 Å². The van der Waals surface area contributed by atoms with E-state index in [2.05, 4.69) is 9.97 Å². The molecule has 12 heteroatoms. The second-order valence-corrected chi connectivity index (χ2v) is 9.09. The Labute approximate surface area is 196 Å². The number of hydrogen-bond donors (Lipinski definition) is 1. The quantitative estimate of drug-likeness (QED) is 0.443. The van der Waals surface area contributed by atoms with E-state index >= 15 is 0 Å². The number of furan rings is 1. The number of aryl methyl sites for hydroxylation is 1. The van der Waals surface area contributed by atoms with Crippen LogP contribution < -0.4 is 5.73 Å². The highest BCUT2D eigenvalue weighted by Gasteiger charge is 2.25. The van der Waals surface area contributed by atoms with Crippen molar-refractivity contribution in [3.8, 4) is 0 Å². The molecule has 0 bridgehead atoms. The molecule has 11 nitrogen and oxygen atoms in total. The molecule has 0 aliphatic heterocycles. The number of carbonyl (C=O) groups excluding carboxylic acids is 2. The maximum Gasteiger partial charge on any atom is 0.342 e. The zero-order valence-electron chi connectivity index (χ0n) is 19.3. The molecule has 0 amide bonds. The molecule has 0 saturated heterocycles. The van der Waals surface area contributed by atoms with Crippen molar-refractivity contribution in [3.63, 3.8) is 0 Å². The van der Waals surface area contributed by atoms with Gasteiger partial charge in [-0.1, -0.05) is 13.8 Å². The van der Waals surface area contributed by atoms with Crippen LogP contribution in [0.25, 0.3) is 11.1 Å². The van der Waals surface area contributed by atoms with Crippen molar-refractivity contribution in [2.75, 3.05) is 25.4 Å². The Morgan fingerprint density at radius 2 is 1.68 bits per heavy atom. The fraction of sp³-hybridized carbons (Fsp3) is 0.364. The van der Waals surface area contributed by atoms with Gasteiger partial charge in [0, 0.05) is 13.1 Å². The number of fused-ring (bicyclic) bond motifs is 1. The van der Waals surface area contributed by atoms with Crippen LogP contribution in [0.1, 0.15) is 53.1 Å². The zero-order valence-corrected chi connectivity index (χ0v) is 20.1. The summed E-state index contributed by atoms with van der Waals surface area (Å²) in [7, 11) is -3.63. The normalized spacial score (nSPS) is 11.7. The van der Waals surface area contributed by atoms with Crippen LogP contribution in [0.4, 0.5) is 5.82 Å². The molecule has 0 saturated carbocycles. The van der Waals surface area contributed by atoms with Crippen molar-refractivity contribution in [1.29, 1.82) is 0 Å². The van der Waals surface area contributed by atoms with Gasteiger partial charge in [0.25, 0.3) is 0 Å². The van der Waals surface area contributed by atoms with Gasteiger partial charge < -0.3 is 19.6 Å². The third-order valence-electron chi connectivity index (χ3n) is 5.05. The van der Waals surface area contributed by atoms with Crippen molar-refractivity contribution in [2.45, 2.75) is 39.2 Å². The summed E-state index contributed by atoms with van der Waals surface area (Å²) in [5.74, 6) is -0.954. The Bertz CT molecular complexity index is 1310. The second kappa shape index (κ2) is 10.2. The fourth-order valence-corrected chi connectivity index (χ4v) is 4.84. The van der Waals surface area contributed by atoms with Crippen LogP contribution in [0.5, 0.6) is 0 Å². The molecule has 0 unspecified atom stereocenters. The van der Waals surface area contributed by atoms with Crippen molar-refractivity contribution >= 4 is 38.9 Å². The molecule has 0 spiro atoms. The molecule has 3 aromatic rings. The second-order valence-electron chi connectivity index (χ2n) is 7.15. The Balaban J connectivity index is 1.76.